The molecule has 0 spiro atoms. The first kappa shape index (κ1) is 28.7. The van der Waals surface area contributed by atoms with Crippen LogP contribution in [0.25, 0.3) is 0 Å². The second-order valence-electron chi connectivity index (χ2n) is 9.10. The van der Waals surface area contributed by atoms with E-state index in [-0.39, 0.29) is 24.5 Å². The highest BCUT2D eigenvalue weighted by Crippen LogP contribution is 2.27. The summed E-state index contributed by atoms with van der Waals surface area (Å²) in [6, 6.07) is 6.76. The Kier molecular flexibility index (Phi) is 12.7. The molecule has 9 nitrogen and oxygen atoms in total. The predicted molar refractivity (Wildman–Crippen MR) is 139 cm³/mol. The van der Waals surface area contributed by atoms with Crippen molar-refractivity contribution in [2.75, 3.05) is 52.3 Å². The molecule has 10 heteroatoms. The van der Waals surface area contributed by atoms with E-state index in [0.717, 1.165) is 6.42 Å². The SMILES string of the molecule is CNC[C@H](CC1CCCCC1)NC(=O)N(C)CC(=O)N(CCCNC(=O)OC)c1cccc(Cl)c1. The van der Waals surface area contributed by atoms with Crippen LogP contribution in [0.2, 0.25) is 5.02 Å². The smallest absolute Gasteiger partial charge is 0.406 e. The summed E-state index contributed by atoms with van der Waals surface area (Å²) >= 11 is 6.15. The van der Waals surface area contributed by atoms with Crippen molar-refractivity contribution < 1.29 is 19.1 Å². The van der Waals surface area contributed by atoms with Gasteiger partial charge in [-0.1, -0.05) is 49.8 Å². The number of carbonyl (C=O) groups excluding carboxylic acids is 3. The van der Waals surface area contributed by atoms with Crippen molar-refractivity contribution in [2.45, 2.75) is 51.0 Å². The van der Waals surface area contributed by atoms with Crippen LogP contribution in [0.4, 0.5) is 15.3 Å². The number of anilines is 1. The summed E-state index contributed by atoms with van der Waals surface area (Å²) in [6.07, 6.45) is 7.17. The van der Waals surface area contributed by atoms with E-state index in [1.165, 1.54) is 44.1 Å². The third-order valence-corrected chi connectivity index (χ3v) is 6.51. The lowest BCUT2D eigenvalue weighted by Crippen LogP contribution is -2.50. The lowest BCUT2D eigenvalue weighted by molar-refractivity contribution is -0.119. The first-order chi connectivity index (χ1) is 16.8. The lowest BCUT2D eigenvalue weighted by atomic mass is 9.85. The fraction of sp³-hybridized carbons (Fsp3) is 0.640. The molecule has 2 rings (SSSR count). The molecule has 4 amide bonds. The molecule has 0 aliphatic heterocycles. The Balaban J connectivity index is 1.97. The Morgan fingerprint density at radius 3 is 2.60 bits per heavy atom. The Morgan fingerprint density at radius 1 is 1.20 bits per heavy atom. The van der Waals surface area contributed by atoms with Crippen LogP contribution >= 0.6 is 11.6 Å². The second-order valence-corrected chi connectivity index (χ2v) is 9.53. The van der Waals surface area contributed by atoms with E-state index in [1.54, 1.807) is 36.2 Å². The van der Waals surface area contributed by atoms with Crippen molar-refractivity contribution >= 4 is 35.3 Å². The van der Waals surface area contributed by atoms with Crippen molar-refractivity contribution in [3.63, 3.8) is 0 Å². The van der Waals surface area contributed by atoms with Crippen LogP contribution in [0.15, 0.2) is 24.3 Å². The normalized spacial score (nSPS) is 14.6. The van der Waals surface area contributed by atoms with Gasteiger partial charge in [-0.3, -0.25) is 4.79 Å². The number of halogens is 1. The van der Waals surface area contributed by atoms with Crippen LogP contribution in [0.1, 0.15) is 44.9 Å². The first-order valence-electron chi connectivity index (χ1n) is 12.4. The Hall–Kier alpha value is -2.52. The van der Waals surface area contributed by atoms with E-state index in [4.69, 9.17) is 11.6 Å². The number of amides is 4. The largest absolute Gasteiger partial charge is 0.453 e. The minimum atomic E-state index is -0.522. The number of urea groups is 1. The summed E-state index contributed by atoms with van der Waals surface area (Å²) in [6.45, 7) is 1.30. The van der Waals surface area contributed by atoms with Gasteiger partial charge in [0, 0.05) is 43.4 Å². The molecule has 0 radical (unpaired) electrons. The van der Waals surface area contributed by atoms with Gasteiger partial charge >= 0.3 is 12.1 Å². The van der Waals surface area contributed by atoms with Crippen molar-refractivity contribution in [2.24, 2.45) is 5.92 Å². The van der Waals surface area contributed by atoms with Gasteiger partial charge in [-0.25, -0.2) is 9.59 Å². The molecular formula is C25H40ClN5O4. The van der Waals surface area contributed by atoms with Crippen LogP contribution in [0, 0.1) is 5.92 Å². The van der Waals surface area contributed by atoms with Gasteiger partial charge in [0.25, 0.3) is 0 Å². The van der Waals surface area contributed by atoms with Crippen LogP contribution in [-0.2, 0) is 9.53 Å². The Bertz CT molecular complexity index is 819. The number of rotatable bonds is 12. The maximum atomic E-state index is 13.2. The first-order valence-corrected chi connectivity index (χ1v) is 12.8. The zero-order valence-electron chi connectivity index (χ0n) is 21.1. The third kappa shape index (κ3) is 10.3. The fourth-order valence-corrected chi connectivity index (χ4v) is 4.64. The van der Waals surface area contributed by atoms with Crippen molar-refractivity contribution in [3.05, 3.63) is 29.3 Å². The van der Waals surface area contributed by atoms with Crippen molar-refractivity contribution in [1.82, 2.24) is 20.9 Å². The summed E-state index contributed by atoms with van der Waals surface area (Å²) < 4.78 is 4.58. The molecule has 1 aromatic rings. The molecule has 3 N–H and O–H groups in total. The van der Waals surface area contributed by atoms with Crippen LogP contribution in [0.5, 0.6) is 0 Å². The summed E-state index contributed by atoms with van der Waals surface area (Å²) in [5.74, 6) is 0.395. The molecule has 1 aliphatic rings. The number of benzene rings is 1. The van der Waals surface area contributed by atoms with Crippen LogP contribution in [-0.4, -0.2) is 76.4 Å². The number of carbonyl (C=O) groups is 3. The summed E-state index contributed by atoms with van der Waals surface area (Å²) in [4.78, 5) is 40.4. The Labute approximate surface area is 213 Å². The predicted octanol–water partition coefficient (Wildman–Crippen LogP) is 3.62. The van der Waals surface area contributed by atoms with E-state index >= 15 is 0 Å². The lowest BCUT2D eigenvalue weighted by Gasteiger charge is -2.30. The zero-order valence-corrected chi connectivity index (χ0v) is 21.9. The molecule has 1 atom stereocenters. The van der Waals surface area contributed by atoms with E-state index in [9.17, 15) is 14.4 Å². The van der Waals surface area contributed by atoms with Crippen LogP contribution in [0.3, 0.4) is 0 Å². The number of nitrogens with one attached hydrogen (secondary N) is 3. The van der Waals surface area contributed by atoms with Crippen LogP contribution < -0.4 is 20.9 Å². The third-order valence-electron chi connectivity index (χ3n) is 6.27. The number of ether oxygens (including phenoxy) is 1. The number of hydrogen-bond donors (Lipinski definition) is 3. The van der Waals surface area contributed by atoms with Gasteiger partial charge in [-0.05, 0) is 44.0 Å². The number of nitrogens with zero attached hydrogens (tertiary/aromatic N) is 2. The number of hydrogen-bond acceptors (Lipinski definition) is 5. The molecule has 1 aromatic carbocycles. The highest BCUT2D eigenvalue weighted by Gasteiger charge is 2.24. The summed E-state index contributed by atoms with van der Waals surface area (Å²) in [5, 5.41) is 9.39. The van der Waals surface area contributed by atoms with Gasteiger partial charge in [0.15, 0.2) is 0 Å². The fourth-order valence-electron chi connectivity index (χ4n) is 4.45. The molecule has 35 heavy (non-hydrogen) atoms. The second kappa shape index (κ2) is 15.5. The zero-order chi connectivity index (χ0) is 25.6. The van der Waals surface area contributed by atoms with Crippen molar-refractivity contribution in [1.29, 1.82) is 0 Å². The monoisotopic (exact) mass is 509 g/mol. The average Bonchev–Trinajstić information content (AvgIpc) is 2.84. The minimum Gasteiger partial charge on any atom is -0.453 e. The molecule has 1 fully saturated rings. The summed E-state index contributed by atoms with van der Waals surface area (Å²) in [5.41, 5.74) is 0.639. The van der Waals surface area contributed by atoms with E-state index in [0.29, 0.717) is 42.7 Å². The van der Waals surface area contributed by atoms with E-state index < -0.39 is 6.09 Å². The van der Waals surface area contributed by atoms with Gasteiger partial charge in [0.2, 0.25) is 5.91 Å². The number of likely N-dealkylation sites (N-methyl/N-ethyl adjacent to an activating group) is 2. The molecule has 0 aromatic heterocycles. The molecule has 0 unspecified atom stereocenters. The van der Waals surface area contributed by atoms with Crippen molar-refractivity contribution in [3.8, 4) is 0 Å². The highest BCUT2D eigenvalue weighted by molar-refractivity contribution is 6.30. The van der Waals surface area contributed by atoms with Gasteiger partial charge in [-0.2, -0.15) is 0 Å². The molecule has 0 heterocycles. The molecule has 1 saturated carbocycles. The average molecular weight is 510 g/mol. The topological polar surface area (TPSA) is 103 Å². The molecular weight excluding hydrogens is 470 g/mol. The number of alkyl carbamates (subject to hydrolysis) is 1. The van der Waals surface area contributed by atoms with Gasteiger partial charge in [-0.15, -0.1) is 0 Å². The molecule has 0 saturated heterocycles. The van der Waals surface area contributed by atoms with Gasteiger partial charge < -0.3 is 30.5 Å². The highest BCUT2D eigenvalue weighted by atomic mass is 35.5. The molecule has 0 bridgehead atoms. The Morgan fingerprint density at radius 2 is 1.94 bits per heavy atom. The van der Waals surface area contributed by atoms with E-state index in [1.807, 2.05) is 7.05 Å². The maximum absolute atomic E-state index is 13.2. The van der Waals surface area contributed by atoms with Gasteiger partial charge in [0.1, 0.15) is 6.54 Å². The molecule has 1 aliphatic carbocycles. The quantitative estimate of drug-likeness (QED) is 0.373. The summed E-state index contributed by atoms with van der Waals surface area (Å²) in [7, 11) is 4.80. The number of methoxy groups -OCH3 is 1. The van der Waals surface area contributed by atoms with Gasteiger partial charge in [0.05, 0.1) is 7.11 Å². The minimum absolute atomic E-state index is 0.0154. The maximum Gasteiger partial charge on any atom is 0.406 e. The standard InChI is InChI=1S/C25H40ClN5O4/c1-27-17-21(15-19-9-5-4-6-10-19)29-24(33)30(2)18-23(32)31(14-8-13-28-25(34)35-3)22-12-7-11-20(26)16-22/h7,11-12,16,19,21,27H,4-6,8-10,13-15,17-18H2,1-3H3,(H,28,34)(H,29,33)/t21-/m0/s1. The van der Waals surface area contributed by atoms with E-state index in [2.05, 4.69) is 20.7 Å². The molecule has 196 valence electrons.